The second-order valence-corrected chi connectivity index (χ2v) is 10.7. The van der Waals surface area contributed by atoms with Gasteiger partial charge in [0, 0.05) is 11.7 Å². The van der Waals surface area contributed by atoms with Gasteiger partial charge in [-0.2, -0.15) is 0 Å². The molecule has 3 aromatic rings. The van der Waals surface area contributed by atoms with Crippen molar-refractivity contribution in [1.82, 2.24) is 5.32 Å². The summed E-state index contributed by atoms with van der Waals surface area (Å²) in [6.45, 7) is 2.03. The van der Waals surface area contributed by atoms with Gasteiger partial charge in [-0.25, -0.2) is 0 Å². The molecule has 0 saturated heterocycles. The van der Waals surface area contributed by atoms with Gasteiger partial charge in [-0.3, -0.25) is 9.59 Å². The van der Waals surface area contributed by atoms with Gasteiger partial charge in [0.2, 0.25) is 5.91 Å². The van der Waals surface area contributed by atoms with E-state index in [0.717, 1.165) is 49.0 Å². The number of nitrogens with one attached hydrogen (secondary N) is 2. The van der Waals surface area contributed by atoms with Crippen molar-refractivity contribution in [1.29, 1.82) is 0 Å². The predicted octanol–water partition coefficient (Wildman–Crippen LogP) is 7.10. The predicted molar refractivity (Wildman–Crippen MR) is 150 cm³/mol. The lowest BCUT2D eigenvalue weighted by atomic mass is 9.79. The highest BCUT2D eigenvalue weighted by atomic mass is 35.5. The summed E-state index contributed by atoms with van der Waals surface area (Å²) in [6.07, 6.45) is 5.38. The normalized spacial score (nSPS) is 15.1. The van der Waals surface area contributed by atoms with Gasteiger partial charge < -0.3 is 15.4 Å². The van der Waals surface area contributed by atoms with Crippen LogP contribution in [-0.2, 0) is 17.6 Å². The minimum atomic E-state index is -0.364. The number of hydrogen-bond donors (Lipinski definition) is 2. The molecule has 0 aromatic heterocycles. The number of carbonyl (C=O) groups is 2. The van der Waals surface area contributed by atoms with Crippen LogP contribution in [0.2, 0.25) is 10.0 Å². The number of halogens is 2. The van der Waals surface area contributed by atoms with Crippen molar-refractivity contribution < 1.29 is 14.3 Å². The van der Waals surface area contributed by atoms with Gasteiger partial charge >= 0.3 is 0 Å². The number of carbonyl (C=O) groups excluding carboxylic acids is 2. The second kappa shape index (κ2) is 12.0. The van der Waals surface area contributed by atoms with Crippen LogP contribution in [0, 0.1) is 5.41 Å². The molecule has 7 heteroatoms. The first-order chi connectivity index (χ1) is 17.8. The van der Waals surface area contributed by atoms with E-state index < -0.39 is 0 Å². The van der Waals surface area contributed by atoms with Crippen LogP contribution in [0.15, 0.2) is 66.7 Å². The molecule has 0 aliphatic heterocycles. The Morgan fingerprint density at radius 3 is 2.11 bits per heavy atom. The smallest absolute Gasteiger partial charge is 0.258 e. The molecule has 1 unspecified atom stereocenters. The van der Waals surface area contributed by atoms with E-state index >= 15 is 0 Å². The third-order valence-electron chi connectivity index (χ3n) is 7.06. The molecule has 37 heavy (non-hydrogen) atoms. The fourth-order valence-corrected chi connectivity index (χ4v) is 5.65. The number of rotatable bonds is 9. The SMILES string of the molecule is COc1ccc(CC2(C(=O)NC(C)Cc3ccc(NC(=O)c4c(Cl)cccc4Cl)cc3)CCCC2)cc1. The maximum Gasteiger partial charge on any atom is 0.258 e. The van der Waals surface area contributed by atoms with Gasteiger partial charge in [0.25, 0.3) is 5.91 Å². The van der Waals surface area contributed by atoms with Crippen LogP contribution < -0.4 is 15.4 Å². The number of anilines is 1. The molecule has 1 atom stereocenters. The number of ether oxygens (including phenoxy) is 1. The molecule has 1 aliphatic carbocycles. The lowest BCUT2D eigenvalue weighted by Crippen LogP contribution is -2.45. The highest BCUT2D eigenvalue weighted by molar-refractivity contribution is 6.40. The maximum atomic E-state index is 13.5. The van der Waals surface area contributed by atoms with E-state index in [2.05, 4.69) is 22.8 Å². The standard InChI is InChI=1S/C30H32Cl2N2O3/c1-20(33-29(36)30(16-3-4-17-30)19-22-10-14-24(37-2)15-11-22)18-21-8-12-23(13-9-21)34-28(35)27-25(31)6-5-7-26(27)32/h5-15,20H,3-4,16-19H2,1-2H3,(H,33,36)(H,34,35). The highest BCUT2D eigenvalue weighted by Crippen LogP contribution is 2.41. The topological polar surface area (TPSA) is 67.4 Å². The maximum absolute atomic E-state index is 13.5. The van der Waals surface area contributed by atoms with Gasteiger partial charge in [-0.15, -0.1) is 0 Å². The van der Waals surface area contributed by atoms with E-state index in [1.807, 2.05) is 43.3 Å². The van der Waals surface area contributed by atoms with Crippen molar-refractivity contribution >= 4 is 40.7 Å². The largest absolute Gasteiger partial charge is 0.497 e. The van der Waals surface area contributed by atoms with Crippen LogP contribution in [0.3, 0.4) is 0 Å². The van der Waals surface area contributed by atoms with Crippen LogP contribution in [0.4, 0.5) is 5.69 Å². The Bertz CT molecular complexity index is 1220. The first-order valence-electron chi connectivity index (χ1n) is 12.6. The first-order valence-corrected chi connectivity index (χ1v) is 13.3. The summed E-state index contributed by atoms with van der Waals surface area (Å²) in [7, 11) is 1.66. The van der Waals surface area contributed by atoms with Gasteiger partial charge in [-0.1, -0.05) is 66.4 Å². The molecular weight excluding hydrogens is 507 g/mol. The summed E-state index contributed by atoms with van der Waals surface area (Å²) in [5, 5.41) is 6.72. The molecule has 0 bridgehead atoms. The zero-order valence-electron chi connectivity index (χ0n) is 21.2. The number of benzene rings is 3. The molecule has 2 amide bonds. The van der Waals surface area contributed by atoms with Crippen molar-refractivity contribution in [3.63, 3.8) is 0 Å². The minimum Gasteiger partial charge on any atom is -0.497 e. The van der Waals surface area contributed by atoms with Crippen LogP contribution in [0.1, 0.15) is 54.1 Å². The van der Waals surface area contributed by atoms with Crippen molar-refractivity contribution in [2.45, 2.75) is 51.5 Å². The van der Waals surface area contributed by atoms with E-state index in [1.165, 1.54) is 0 Å². The number of amides is 2. The van der Waals surface area contributed by atoms with E-state index in [-0.39, 0.29) is 28.8 Å². The summed E-state index contributed by atoms with van der Waals surface area (Å²) in [6, 6.07) is 20.5. The third-order valence-corrected chi connectivity index (χ3v) is 7.69. The summed E-state index contributed by atoms with van der Waals surface area (Å²) in [5.41, 5.74) is 2.75. The molecule has 1 aliphatic rings. The second-order valence-electron chi connectivity index (χ2n) is 9.84. The Labute approximate surface area is 228 Å². The fraction of sp³-hybridized carbons (Fsp3) is 0.333. The van der Waals surface area contributed by atoms with E-state index in [9.17, 15) is 9.59 Å². The number of hydrogen-bond acceptors (Lipinski definition) is 3. The van der Waals surface area contributed by atoms with Gasteiger partial charge in [0.15, 0.2) is 0 Å². The Kier molecular flexibility index (Phi) is 8.78. The average Bonchev–Trinajstić information content (AvgIpc) is 3.35. The molecule has 1 fully saturated rings. The molecule has 0 radical (unpaired) electrons. The Morgan fingerprint density at radius 2 is 1.51 bits per heavy atom. The van der Waals surface area contributed by atoms with Gasteiger partial charge in [0.1, 0.15) is 5.75 Å². The summed E-state index contributed by atoms with van der Waals surface area (Å²) in [4.78, 5) is 26.1. The molecule has 2 N–H and O–H groups in total. The summed E-state index contributed by atoms with van der Waals surface area (Å²) >= 11 is 12.3. The van der Waals surface area contributed by atoms with E-state index in [4.69, 9.17) is 27.9 Å². The molecule has 4 rings (SSSR count). The molecule has 194 valence electrons. The van der Waals surface area contributed by atoms with Crippen LogP contribution in [-0.4, -0.2) is 25.0 Å². The molecule has 0 heterocycles. The Morgan fingerprint density at radius 1 is 0.919 bits per heavy atom. The van der Waals surface area contributed by atoms with Crippen molar-refractivity contribution in [2.24, 2.45) is 5.41 Å². The average molecular weight is 540 g/mol. The van der Waals surface area contributed by atoms with Crippen LogP contribution in [0.5, 0.6) is 5.75 Å². The highest BCUT2D eigenvalue weighted by Gasteiger charge is 2.41. The van der Waals surface area contributed by atoms with Gasteiger partial charge in [-0.05, 0) is 80.1 Å². The lowest BCUT2D eigenvalue weighted by molar-refractivity contribution is -0.131. The quantitative estimate of drug-likeness (QED) is 0.305. The summed E-state index contributed by atoms with van der Waals surface area (Å²) < 4.78 is 5.27. The zero-order chi connectivity index (χ0) is 26.4. The van der Waals surface area contributed by atoms with Gasteiger partial charge in [0.05, 0.1) is 28.1 Å². The van der Waals surface area contributed by atoms with Crippen molar-refractivity contribution in [3.8, 4) is 5.75 Å². The molecule has 0 spiro atoms. The summed E-state index contributed by atoms with van der Waals surface area (Å²) in [5.74, 6) is 0.595. The van der Waals surface area contributed by atoms with E-state index in [0.29, 0.717) is 22.2 Å². The van der Waals surface area contributed by atoms with E-state index in [1.54, 1.807) is 25.3 Å². The monoisotopic (exact) mass is 538 g/mol. The minimum absolute atomic E-state index is 0.0248. The lowest BCUT2D eigenvalue weighted by Gasteiger charge is -2.30. The number of methoxy groups -OCH3 is 1. The van der Waals surface area contributed by atoms with Crippen LogP contribution in [0.25, 0.3) is 0 Å². The van der Waals surface area contributed by atoms with Crippen molar-refractivity contribution in [2.75, 3.05) is 12.4 Å². The fourth-order valence-electron chi connectivity index (χ4n) is 5.08. The first kappa shape index (κ1) is 27.0. The molecule has 1 saturated carbocycles. The zero-order valence-corrected chi connectivity index (χ0v) is 22.7. The molecule has 3 aromatic carbocycles. The molecular formula is C30H32Cl2N2O3. The Balaban J connectivity index is 1.35. The van der Waals surface area contributed by atoms with Crippen LogP contribution >= 0.6 is 23.2 Å². The van der Waals surface area contributed by atoms with Crippen molar-refractivity contribution in [3.05, 3.63) is 93.5 Å². The molecule has 5 nitrogen and oxygen atoms in total. The Hall–Kier alpha value is -3.02. The third kappa shape index (κ3) is 6.65.